The minimum atomic E-state index is -0.790. The monoisotopic (exact) mass is 296 g/mol. The van der Waals surface area contributed by atoms with Gasteiger partial charge in [-0.2, -0.15) is 0 Å². The van der Waals surface area contributed by atoms with Crippen LogP contribution in [0.5, 0.6) is 11.5 Å². The highest BCUT2D eigenvalue weighted by Crippen LogP contribution is 2.29. The minimum Gasteiger partial charge on any atom is -0.497 e. The molecule has 4 N–H and O–H groups in total. The predicted molar refractivity (Wildman–Crippen MR) is 80.4 cm³/mol. The molecular formula is C15H24N2O4. The summed E-state index contributed by atoms with van der Waals surface area (Å²) in [4.78, 5) is 11.0. The summed E-state index contributed by atoms with van der Waals surface area (Å²) in [5.41, 5.74) is 5.34. The smallest absolute Gasteiger partial charge is 0.219 e. The molecule has 0 fully saturated rings. The molecule has 1 rings (SSSR count). The number of primary amides is 1. The normalized spacial score (nSPS) is 12.8. The molecule has 6 nitrogen and oxygen atoms in total. The third-order valence-corrected chi connectivity index (χ3v) is 3.19. The number of rotatable bonds is 8. The summed E-state index contributed by atoms with van der Waals surface area (Å²) in [5.74, 6) is 0.833. The highest BCUT2D eigenvalue weighted by Gasteiger charge is 2.22. The fraction of sp³-hybridized carbons (Fsp3) is 0.533. The van der Waals surface area contributed by atoms with Gasteiger partial charge in [0.25, 0.3) is 0 Å². The second-order valence-electron chi connectivity index (χ2n) is 5.53. The van der Waals surface area contributed by atoms with E-state index >= 15 is 0 Å². The zero-order valence-corrected chi connectivity index (χ0v) is 13.0. The van der Waals surface area contributed by atoms with Crippen molar-refractivity contribution in [1.82, 2.24) is 5.32 Å². The predicted octanol–water partition coefficient (Wildman–Crippen LogP) is 0.981. The second kappa shape index (κ2) is 7.28. The lowest BCUT2D eigenvalue weighted by Crippen LogP contribution is -2.44. The first-order chi connectivity index (χ1) is 9.79. The standard InChI is InChI=1S/C15H24N2O4/c1-15(2,8-14(16)19)17-9-12(18)11-7-10(20-3)5-6-13(11)21-4/h5-7,12,17-18H,8-9H2,1-4H3,(H2,16,19). The molecule has 0 saturated carbocycles. The van der Waals surface area contributed by atoms with Gasteiger partial charge >= 0.3 is 0 Å². The van der Waals surface area contributed by atoms with Crippen molar-refractivity contribution in [1.29, 1.82) is 0 Å². The fourth-order valence-corrected chi connectivity index (χ4v) is 2.08. The SMILES string of the molecule is COc1ccc(OC)c(C(O)CNC(C)(C)CC(N)=O)c1. The molecule has 0 heterocycles. The van der Waals surface area contributed by atoms with Crippen LogP contribution in [0.1, 0.15) is 31.9 Å². The second-order valence-corrected chi connectivity index (χ2v) is 5.53. The Balaban J connectivity index is 2.79. The molecule has 0 saturated heterocycles. The molecule has 21 heavy (non-hydrogen) atoms. The molecule has 0 aliphatic carbocycles. The maximum absolute atomic E-state index is 11.0. The molecule has 6 heteroatoms. The summed E-state index contributed by atoms with van der Waals surface area (Å²) < 4.78 is 10.4. The van der Waals surface area contributed by atoms with Crippen molar-refractivity contribution in [3.8, 4) is 11.5 Å². The molecule has 1 aromatic rings. The number of amides is 1. The quantitative estimate of drug-likeness (QED) is 0.665. The van der Waals surface area contributed by atoms with Crippen LogP contribution >= 0.6 is 0 Å². The van der Waals surface area contributed by atoms with Crippen molar-refractivity contribution in [3.05, 3.63) is 23.8 Å². The Morgan fingerprint density at radius 1 is 1.38 bits per heavy atom. The number of carbonyl (C=O) groups is 1. The van der Waals surface area contributed by atoms with E-state index in [0.717, 1.165) is 0 Å². The van der Waals surface area contributed by atoms with Crippen molar-refractivity contribution < 1.29 is 19.4 Å². The largest absolute Gasteiger partial charge is 0.497 e. The average molecular weight is 296 g/mol. The first kappa shape index (κ1) is 17.3. The molecule has 0 bridgehead atoms. The molecule has 0 radical (unpaired) electrons. The third-order valence-electron chi connectivity index (χ3n) is 3.19. The van der Waals surface area contributed by atoms with E-state index < -0.39 is 11.6 Å². The lowest BCUT2D eigenvalue weighted by Gasteiger charge is -2.27. The first-order valence-corrected chi connectivity index (χ1v) is 6.72. The van der Waals surface area contributed by atoms with E-state index in [1.165, 1.54) is 0 Å². The summed E-state index contributed by atoms with van der Waals surface area (Å²) in [5, 5.41) is 13.5. The van der Waals surface area contributed by atoms with E-state index in [-0.39, 0.29) is 18.9 Å². The first-order valence-electron chi connectivity index (χ1n) is 6.72. The van der Waals surface area contributed by atoms with Crippen molar-refractivity contribution in [3.63, 3.8) is 0 Å². The zero-order valence-electron chi connectivity index (χ0n) is 13.0. The van der Waals surface area contributed by atoms with Crippen molar-refractivity contribution in [2.75, 3.05) is 20.8 Å². The number of ether oxygens (including phenoxy) is 2. The number of nitrogens with one attached hydrogen (secondary N) is 1. The summed E-state index contributed by atoms with van der Waals surface area (Å²) in [6.07, 6.45) is -0.600. The minimum absolute atomic E-state index is 0.189. The Hall–Kier alpha value is -1.79. The van der Waals surface area contributed by atoms with Crippen LogP contribution in [0.25, 0.3) is 0 Å². The van der Waals surface area contributed by atoms with Crippen LogP contribution < -0.4 is 20.5 Å². The molecule has 118 valence electrons. The van der Waals surface area contributed by atoms with Gasteiger partial charge in [0.2, 0.25) is 5.91 Å². The van der Waals surface area contributed by atoms with Gasteiger partial charge in [-0.3, -0.25) is 4.79 Å². The summed E-state index contributed by atoms with van der Waals surface area (Å²) in [7, 11) is 3.11. The highest BCUT2D eigenvalue weighted by atomic mass is 16.5. The van der Waals surface area contributed by atoms with Gasteiger partial charge in [-0.05, 0) is 32.0 Å². The van der Waals surface area contributed by atoms with Gasteiger partial charge in [0.05, 0.1) is 20.3 Å². The Bertz CT molecular complexity index is 489. The zero-order chi connectivity index (χ0) is 16.0. The third kappa shape index (κ3) is 5.24. The summed E-state index contributed by atoms with van der Waals surface area (Å²) in [6, 6.07) is 5.23. The maximum atomic E-state index is 11.0. The molecule has 0 aliphatic heterocycles. The van der Waals surface area contributed by atoms with Gasteiger partial charge in [0.1, 0.15) is 11.5 Å². The molecule has 1 aromatic carbocycles. The molecule has 0 aromatic heterocycles. The molecular weight excluding hydrogens is 272 g/mol. The Kier molecular flexibility index (Phi) is 5.99. The molecule has 0 aliphatic rings. The van der Waals surface area contributed by atoms with E-state index in [1.54, 1.807) is 32.4 Å². The molecule has 0 spiro atoms. The Morgan fingerprint density at radius 3 is 2.57 bits per heavy atom. The number of nitrogens with two attached hydrogens (primary N) is 1. The van der Waals surface area contributed by atoms with Crippen molar-refractivity contribution in [2.24, 2.45) is 5.73 Å². The van der Waals surface area contributed by atoms with Gasteiger partial charge in [-0.15, -0.1) is 0 Å². The van der Waals surface area contributed by atoms with Crippen LogP contribution in [0.2, 0.25) is 0 Å². The summed E-state index contributed by atoms with van der Waals surface area (Å²) in [6.45, 7) is 3.98. The van der Waals surface area contributed by atoms with Crippen molar-refractivity contribution >= 4 is 5.91 Å². The number of carbonyl (C=O) groups excluding carboxylic acids is 1. The number of aliphatic hydroxyl groups excluding tert-OH is 1. The van der Waals surface area contributed by atoms with E-state index in [0.29, 0.717) is 17.1 Å². The van der Waals surface area contributed by atoms with E-state index in [4.69, 9.17) is 15.2 Å². The van der Waals surface area contributed by atoms with Crippen LogP contribution in [0.3, 0.4) is 0 Å². The maximum Gasteiger partial charge on any atom is 0.219 e. The van der Waals surface area contributed by atoms with Gasteiger partial charge in [-0.1, -0.05) is 0 Å². The number of benzene rings is 1. The van der Waals surface area contributed by atoms with Gasteiger partial charge in [0, 0.05) is 24.1 Å². The summed E-state index contributed by atoms with van der Waals surface area (Å²) >= 11 is 0. The van der Waals surface area contributed by atoms with Crippen LogP contribution in [0, 0.1) is 0 Å². The number of hydrogen-bond donors (Lipinski definition) is 3. The van der Waals surface area contributed by atoms with Crippen LogP contribution in [0.4, 0.5) is 0 Å². The van der Waals surface area contributed by atoms with Crippen LogP contribution in [0.15, 0.2) is 18.2 Å². The Labute approximate surface area is 125 Å². The topological polar surface area (TPSA) is 93.8 Å². The molecule has 1 amide bonds. The van der Waals surface area contributed by atoms with E-state index in [2.05, 4.69) is 5.32 Å². The van der Waals surface area contributed by atoms with E-state index in [1.807, 2.05) is 13.8 Å². The molecule has 1 unspecified atom stereocenters. The molecule has 1 atom stereocenters. The van der Waals surface area contributed by atoms with Gasteiger partial charge in [0.15, 0.2) is 0 Å². The number of methoxy groups -OCH3 is 2. The lowest BCUT2D eigenvalue weighted by atomic mass is 9.99. The fourth-order valence-electron chi connectivity index (χ4n) is 2.08. The van der Waals surface area contributed by atoms with Gasteiger partial charge in [-0.25, -0.2) is 0 Å². The average Bonchev–Trinajstić information content (AvgIpc) is 2.42. The Morgan fingerprint density at radius 2 is 2.05 bits per heavy atom. The van der Waals surface area contributed by atoms with Crippen molar-refractivity contribution in [2.45, 2.75) is 31.9 Å². The number of β-amino-alcohol motifs (C(OH)–C–C–N with tert-alkyl or cyclic N) is 1. The highest BCUT2D eigenvalue weighted by molar-refractivity contribution is 5.75. The van der Waals surface area contributed by atoms with Crippen LogP contribution in [-0.2, 0) is 4.79 Å². The van der Waals surface area contributed by atoms with E-state index in [9.17, 15) is 9.90 Å². The van der Waals surface area contributed by atoms with Gasteiger partial charge < -0.3 is 25.6 Å². The number of hydrogen-bond acceptors (Lipinski definition) is 5. The number of aliphatic hydroxyl groups is 1. The lowest BCUT2D eigenvalue weighted by molar-refractivity contribution is -0.119. The van der Waals surface area contributed by atoms with Crippen LogP contribution in [-0.4, -0.2) is 37.3 Å².